The van der Waals surface area contributed by atoms with E-state index < -0.39 is 0 Å². The van der Waals surface area contributed by atoms with Crippen LogP contribution in [0.2, 0.25) is 0 Å². The van der Waals surface area contributed by atoms with Crippen LogP contribution in [0.1, 0.15) is 37.3 Å². The van der Waals surface area contributed by atoms with Crippen molar-refractivity contribution in [3.63, 3.8) is 0 Å². The summed E-state index contributed by atoms with van der Waals surface area (Å²) >= 11 is 5.26. The lowest BCUT2D eigenvalue weighted by molar-refractivity contribution is 0.626. The van der Waals surface area contributed by atoms with Gasteiger partial charge in [-0.3, -0.25) is 9.67 Å². The molecule has 7 heteroatoms. The molecule has 0 aliphatic heterocycles. The Bertz CT molecular complexity index is 576. The number of aromatic nitrogens is 6. The van der Waals surface area contributed by atoms with Gasteiger partial charge in [0.15, 0.2) is 10.6 Å². The summed E-state index contributed by atoms with van der Waals surface area (Å²) in [5.41, 5.74) is 0. The lowest BCUT2D eigenvalue weighted by Gasteiger charge is -2.06. The van der Waals surface area contributed by atoms with Gasteiger partial charge in [0.25, 0.3) is 0 Å². The van der Waals surface area contributed by atoms with E-state index in [1.54, 1.807) is 6.33 Å². The number of H-pyrrole nitrogens is 1. The molecule has 0 radical (unpaired) electrons. The third kappa shape index (κ3) is 1.90. The van der Waals surface area contributed by atoms with Crippen molar-refractivity contribution in [2.45, 2.75) is 38.8 Å². The summed E-state index contributed by atoms with van der Waals surface area (Å²) < 4.78 is 4.71. The van der Waals surface area contributed by atoms with Gasteiger partial charge in [0.2, 0.25) is 0 Å². The van der Waals surface area contributed by atoms with Crippen molar-refractivity contribution >= 4 is 12.2 Å². The second kappa shape index (κ2) is 4.06. The van der Waals surface area contributed by atoms with E-state index in [1.165, 1.54) is 12.8 Å². The zero-order valence-electron chi connectivity index (χ0n) is 9.63. The quantitative estimate of drug-likeness (QED) is 0.835. The van der Waals surface area contributed by atoms with Gasteiger partial charge >= 0.3 is 0 Å². The zero-order valence-corrected chi connectivity index (χ0v) is 10.4. The standard InChI is InChI=1S/C10H14N6S/c1-2-15-6-11-12-8(15)5-16-9(7-3-4-7)13-14-10(16)17/h6-7H,2-5H2,1H3,(H,14,17). The fourth-order valence-corrected chi connectivity index (χ4v) is 2.15. The minimum Gasteiger partial charge on any atom is -0.316 e. The van der Waals surface area contributed by atoms with Gasteiger partial charge in [-0.1, -0.05) is 0 Å². The van der Waals surface area contributed by atoms with E-state index in [0.29, 0.717) is 17.2 Å². The molecule has 1 saturated carbocycles. The Morgan fingerprint density at radius 3 is 3.06 bits per heavy atom. The maximum atomic E-state index is 5.26. The van der Waals surface area contributed by atoms with Crippen molar-refractivity contribution in [1.82, 2.24) is 29.5 Å². The fraction of sp³-hybridized carbons (Fsp3) is 0.600. The fourth-order valence-electron chi connectivity index (χ4n) is 1.94. The van der Waals surface area contributed by atoms with E-state index in [4.69, 9.17) is 12.2 Å². The molecule has 0 saturated heterocycles. The van der Waals surface area contributed by atoms with E-state index in [-0.39, 0.29) is 0 Å². The normalized spacial score (nSPS) is 15.4. The molecular formula is C10H14N6S. The maximum absolute atomic E-state index is 5.26. The number of aromatic amines is 1. The Morgan fingerprint density at radius 2 is 2.35 bits per heavy atom. The molecule has 90 valence electrons. The minimum atomic E-state index is 0.570. The summed E-state index contributed by atoms with van der Waals surface area (Å²) in [6, 6.07) is 0. The van der Waals surface area contributed by atoms with Gasteiger partial charge < -0.3 is 4.57 Å². The van der Waals surface area contributed by atoms with Gasteiger partial charge in [-0.15, -0.1) is 10.2 Å². The molecule has 1 aliphatic rings. The molecule has 0 atom stereocenters. The van der Waals surface area contributed by atoms with E-state index in [9.17, 15) is 0 Å². The third-order valence-corrected chi connectivity index (χ3v) is 3.38. The number of hydrogen-bond acceptors (Lipinski definition) is 4. The van der Waals surface area contributed by atoms with Crippen LogP contribution in [0.5, 0.6) is 0 Å². The average Bonchev–Trinajstić information content (AvgIpc) is 2.97. The number of nitrogens with zero attached hydrogens (tertiary/aromatic N) is 5. The van der Waals surface area contributed by atoms with Crippen molar-refractivity contribution in [1.29, 1.82) is 0 Å². The molecule has 3 rings (SSSR count). The monoisotopic (exact) mass is 250 g/mol. The average molecular weight is 250 g/mol. The van der Waals surface area contributed by atoms with E-state index in [1.807, 2.05) is 9.13 Å². The molecule has 6 nitrogen and oxygen atoms in total. The molecule has 0 bridgehead atoms. The Hall–Kier alpha value is -1.50. The first-order chi connectivity index (χ1) is 8.29. The van der Waals surface area contributed by atoms with E-state index >= 15 is 0 Å². The number of rotatable bonds is 4. The Labute approximate surface area is 104 Å². The highest BCUT2D eigenvalue weighted by molar-refractivity contribution is 7.71. The van der Waals surface area contributed by atoms with Crippen molar-refractivity contribution in [3.8, 4) is 0 Å². The summed E-state index contributed by atoms with van der Waals surface area (Å²) in [5.74, 6) is 2.55. The van der Waals surface area contributed by atoms with Gasteiger partial charge in [-0.25, -0.2) is 0 Å². The van der Waals surface area contributed by atoms with Crippen LogP contribution in [-0.2, 0) is 13.1 Å². The summed E-state index contributed by atoms with van der Waals surface area (Å²) in [6.45, 7) is 3.59. The highest BCUT2D eigenvalue weighted by atomic mass is 32.1. The maximum Gasteiger partial charge on any atom is 0.195 e. The molecule has 2 heterocycles. The van der Waals surface area contributed by atoms with Gasteiger partial charge in [0.05, 0.1) is 6.54 Å². The van der Waals surface area contributed by atoms with Crippen molar-refractivity contribution in [2.24, 2.45) is 0 Å². The Balaban J connectivity index is 1.94. The molecule has 1 N–H and O–H groups in total. The SMILES string of the molecule is CCn1cnnc1Cn1c(C2CC2)n[nH]c1=S. The molecule has 0 amide bonds. The third-order valence-electron chi connectivity index (χ3n) is 3.07. The molecule has 0 spiro atoms. The zero-order chi connectivity index (χ0) is 11.8. The molecule has 0 unspecified atom stereocenters. The first-order valence-corrected chi connectivity index (χ1v) is 6.22. The molecule has 0 aromatic carbocycles. The summed E-state index contributed by atoms with van der Waals surface area (Å²) in [4.78, 5) is 0. The van der Waals surface area contributed by atoms with Crippen LogP contribution in [0.3, 0.4) is 0 Å². The lowest BCUT2D eigenvalue weighted by Crippen LogP contribution is -2.10. The van der Waals surface area contributed by atoms with Gasteiger partial charge in [-0.2, -0.15) is 5.10 Å². The van der Waals surface area contributed by atoms with Gasteiger partial charge in [0.1, 0.15) is 12.2 Å². The van der Waals surface area contributed by atoms with Crippen LogP contribution >= 0.6 is 12.2 Å². The highest BCUT2D eigenvalue weighted by Crippen LogP contribution is 2.38. The summed E-state index contributed by atoms with van der Waals surface area (Å²) in [5, 5.41) is 15.2. The van der Waals surface area contributed by atoms with Gasteiger partial charge in [-0.05, 0) is 32.0 Å². The van der Waals surface area contributed by atoms with Crippen LogP contribution in [0.25, 0.3) is 0 Å². The number of nitrogens with one attached hydrogen (secondary N) is 1. The number of hydrogen-bond donors (Lipinski definition) is 1. The topological polar surface area (TPSA) is 64.3 Å². The van der Waals surface area contributed by atoms with E-state index in [0.717, 1.165) is 18.2 Å². The Morgan fingerprint density at radius 1 is 1.53 bits per heavy atom. The van der Waals surface area contributed by atoms with Crippen molar-refractivity contribution in [2.75, 3.05) is 0 Å². The van der Waals surface area contributed by atoms with E-state index in [2.05, 4.69) is 27.3 Å². The summed E-state index contributed by atoms with van der Waals surface area (Å²) in [7, 11) is 0. The molecular weight excluding hydrogens is 236 g/mol. The highest BCUT2D eigenvalue weighted by Gasteiger charge is 2.29. The van der Waals surface area contributed by atoms with Crippen LogP contribution in [0.4, 0.5) is 0 Å². The predicted octanol–water partition coefficient (Wildman–Crippen LogP) is 1.48. The first-order valence-electron chi connectivity index (χ1n) is 5.81. The molecule has 1 fully saturated rings. The van der Waals surface area contributed by atoms with Crippen LogP contribution < -0.4 is 0 Å². The number of aryl methyl sites for hydroxylation is 1. The van der Waals surface area contributed by atoms with Crippen LogP contribution in [-0.4, -0.2) is 29.5 Å². The largest absolute Gasteiger partial charge is 0.316 e. The van der Waals surface area contributed by atoms with Gasteiger partial charge in [0, 0.05) is 12.5 Å². The predicted molar refractivity (Wildman–Crippen MR) is 64.2 cm³/mol. The minimum absolute atomic E-state index is 0.570. The Kier molecular flexibility index (Phi) is 2.54. The second-order valence-electron chi connectivity index (χ2n) is 4.28. The summed E-state index contributed by atoms with van der Waals surface area (Å²) in [6.07, 6.45) is 4.16. The first kappa shape index (κ1) is 10.6. The van der Waals surface area contributed by atoms with Crippen LogP contribution in [0.15, 0.2) is 6.33 Å². The smallest absolute Gasteiger partial charge is 0.195 e. The lowest BCUT2D eigenvalue weighted by atomic mass is 10.4. The molecule has 2 aromatic heterocycles. The molecule has 1 aliphatic carbocycles. The second-order valence-corrected chi connectivity index (χ2v) is 4.67. The molecule has 2 aromatic rings. The van der Waals surface area contributed by atoms with Crippen LogP contribution in [0, 0.1) is 4.77 Å². The van der Waals surface area contributed by atoms with Crippen molar-refractivity contribution < 1.29 is 0 Å². The van der Waals surface area contributed by atoms with Crippen molar-refractivity contribution in [3.05, 3.63) is 22.7 Å². The molecule has 17 heavy (non-hydrogen) atoms.